The molecule has 0 spiro atoms. The molecule has 2 atom stereocenters. The first-order valence-corrected chi connectivity index (χ1v) is 8.56. The number of carbonyl (C=O) groups is 2. The minimum atomic E-state index is -0.696. The summed E-state index contributed by atoms with van der Waals surface area (Å²) in [5, 5.41) is 0.309. The van der Waals surface area contributed by atoms with E-state index in [-0.39, 0.29) is 6.54 Å². The molecule has 1 aliphatic rings. The molecular formula is C15H18BrClN2O4. The number of aromatic nitrogens is 1. The Morgan fingerprint density at radius 3 is 3.00 bits per heavy atom. The summed E-state index contributed by atoms with van der Waals surface area (Å²) in [6, 6.07) is 3.41. The summed E-state index contributed by atoms with van der Waals surface area (Å²) in [6.45, 7) is 2.87. The number of morpholine rings is 1. The van der Waals surface area contributed by atoms with Gasteiger partial charge in [0.25, 0.3) is 0 Å². The molecule has 6 nitrogen and oxygen atoms in total. The van der Waals surface area contributed by atoms with E-state index in [0.29, 0.717) is 29.2 Å². The molecule has 23 heavy (non-hydrogen) atoms. The molecule has 0 bridgehead atoms. The highest BCUT2D eigenvalue weighted by molar-refractivity contribution is 9.10. The van der Waals surface area contributed by atoms with Crippen LogP contribution in [-0.4, -0.2) is 48.1 Å². The predicted molar refractivity (Wildman–Crippen MR) is 88.5 cm³/mol. The first-order valence-electron chi connectivity index (χ1n) is 7.39. The second kappa shape index (κ2) is 8.61. The Labute approximate surface area is 148 Å². The summed E-state index contributed by atoms with van der Waals surface area (Å²) in [5.41, 5.74) is 0.745. The zero-order valence-corrected chi connectivity index (χ0v) is 15.0. The number of carbonyl (C=O) groups excluding carboxylic acids is 2. The Kier molecular flexibility index (Phi) is 6.80. The van der Waals surface area contributed by atoms with Crippen LogP contribution in [0.25, 0.3) is 0 Å². The van der Waals surface area contributed by atoms with Crippen LogP contribution in [0.1, 0.15) is 31.4 Å². The van der Waals surface area contributed by atoms with Crippen LogP contribution >= 0.6 is 27.5 Å². The molecule has 1 aromatic rings. The van der Waals surface area contributed by atoms with Crippen LogP contribution < -0.4 is 0 Å². The van der Waals surface area contributed by atoms with Gasteiger partial charge in [-0.3, -0.25) is 0 Å². The molecule has 2 heterocycles. The fourth-order valence-electron chi connectivity index (χ4n) is 2.26. The van der Waals surface area contributed by atoms with Crippen LogP contribution in [-0.2, 0) is 14.3 Å². The quantitative estimate of drug-likeness (QED) is 0.427. The zero-order chi connectivity index (χ0) is 16.8. The van der Waals surface area contributed by atoms with Crippen molar-refractivity contribution >= 4 is 39.9 Å². The minimum absolute atomic E-state index is 0.185. The van der Waals surface area contributed by atoms with Gasteiger partial charge in [0.05, 0.1) is 19.7 Å². The van der Waals surface area contributed by atoms with Gasteiger partial charge in [-0.1, -0.05) is 24.9 Å². The summed E-state index contributed by atoms with van der Waals surface area (Å²) in [5.74, 6) is 0. The first kappa shape index (κ1) is 18.2. The van der Waals surface area contributed by atoms with Crippen molar-refractivity contribution in [3.8, 4) is 0 Å². The molecule has 0 saturated carbocycles. The second-order valence-electron chi connectivity index (χ2n) is 5.22. The maximum absolute atomic E-state index is 12.1. The number of hydrogen-bond acceptors (Lipinski definition) is 5. The monoisotopic (exact) mass is 404 g/mol. The lowest BCUT2D eigenvalue weighted by Crippen LogP contribution is -2.47. The third-order valence-corrected chi connectivity index (χ3v) is 4.02. The van der Waals surface area contributed by atoms with Crippen molar-refractivity contribution in [2.45, 2.75) is 32.0 Å². The van der Waals surface area contributed by atoms with E-state index in [1.165, 1.54) is 4.90 Å². The van der Waals surface area contributed by atoms with Gasteiger partial charge in [-0.05, 0) is 40.0 Å². The molecule has 8 heteroatoms. The number of hydrogen-bond donors (Lipinski definition) is 0. The highest BCUT2D eigenvalue weighted by atomic mass is 79.9. The van der Waals surface area contributed by atoms with Crippen molar-refractivity contribution in [2.24, 2.45) is 0 Å². The van der Waals surface area contributed by atoms with Crippen LogP contribution in [0.15, 0.2) is 16.7 Å². The molecule has 1 aromatic heterocycles. The number of amides is 1. The second-order valence-corrected chi connectivity index (χ2v) is 6.42. The van der Waals surface area contributed by atoms with Crippen molar-refractivity contribution in [3.63, 3.8) is 0 Å². The number of ether oxygens (including phenoxy) is 2. The largest absolute Gasteiger partial charge is 0.449 e. The Hall–Kier alpha value is -1.18. The Balaban J connectivity index is 2.11. The average Bonchev–Trinajstić information content (AvgIpc) is 2.53. The molecule has 1 saturated heterocycles. The molecular weight excluding hydrogens is 388 g/mol. The molecule has 1 amide bonds. The van der Waals surface area contributed by atoms with Crippen LogP contribution in [0.2, 0.25) is 5.15 Å². The summed E-state index contributed by atoms with van der Waals surface area (Å²) in [7, 11) is 0. The lowest BCUT2D eigenvalue weighted by atomic mass is 10.1. The van der Waals surface area contributed by atoms with Gasteiger partial charge in [0.2, 0.25) is 0 Å². The van der Waals surface area contributed by atoms with Crippen molar-refractivity contribution in [1.29, 1.82) is 0 Å². The van der Waals surface area contributed by atoms with Crippen LogP contribution in [0.3, 0.4) is 0 Å². The van der Waals surface area contributed by atoms with E-state index in [1.54, 1.807) is 12.1 Å². The van der Waals surface area contributed by atoms with E-state index in [4.69, 9.17) is 21.1 Å². The molecule has 0 aliphatic carbocycles. The number of rotatable bonds is 5. The van der Waals surface area contributed by atoms with E-state index in [9.17, 15) is 9.59 Å². The van der Waals surface area contributed by atoms with Crippen molar-refractivity contribution < 1.29 is 19.1 Å². The molecule has 0 radical (unpaired) electrons. The van der Waals surface area contributed by atoms with Gasteiger partial charge in [-0.2, -0.15) is 0 Å². The highest BCUT2D eigenvalue weighted by Crippen LogP contribution is 2.28. The van der Waals surface area contributed by atoms with E-state index in [0.717, 1.165) is 18.4 Å². The summed E-state index contributed by atoms with van der Waals surface area (Å²) < 4.78 is 11.5. The molecule has 126 valence electrons. The van der Waals surface area contributed by atoms with E-state index < -0.39 is 18.3 Å². The van der Waals surface area contributed by atoms with Gasteiger partial charge < -0.3 is 19.2 Å². The first-order chi connectivity index (χ1) is 11.0. The molecule has 0 N–H and O–H groups in total. The number of unbranched alkanes of at least 4 members (excludes halogenated alkanes) is 1. The fraction of sp³-hybridized carbons (Fsp3) is 0.533. The third kappa shape index (κ3) is 5.16. The fourth-order valence-corrected chi connectivity index (χ4v) is 3.04. The minimum Gasteiger partial charge on any atom is -0.449 e. The summed E-state index contributed by atoms with van der Waals surface area (Å²) in [4.78, 5) is 28.8. The van der Waals surface area contributed by atoms with Crippen LogP contribution in [0, 0.1) is 0 Å². The topological polar surface area (TPSA) is 68.7 Å². The Morgan fingerprint density at radius 2 is 2.35 bits per heavy atom. The third-order valence-electron chi connectivity index (χ3n) is 3.42. The van der Waals surface area contributed by atoms with E-state index in [1.807, 2.05) is 6.92 Å². The van der Waals surface area contributed by atoms with Gasteiger partial charge in [0.1, 0.15) is 22.0 Å². The van der Waals surface area contributed by atoms with Gasteiger partial charge >= 0.3 is 6.09 Å². The maximum Gasteiger partial charge on any atom is 0.409 e. The predicted octanol–water partition coefficient (Wildman–Crippen LogP) is 3.38. The highest BCUT2D eigenvalue weighted by Gasteiger charge is 2.32. The normalized spacial score (nSPS) is 21.1. The number of pyridine rings is 1. The number of aldehydes is 1. The van der Waals surface area contributed by atoms with Crippen LogP contribution in [0.5, 0.6) is 0 Å². The van der Waals surface area contributed by atoms with Gasteiger partial charge in [-0.25, -0.2) is 9.78 Å². The molecule has 1 fully saturated rings. The number of halogens is 2. The molecule has 0 aromatic carbocycles. The lowest BCUT2D eigenvalue weighted by molar-refractivity contribution is -0.131. The SMILES string of the molecule is CCCCOC(=O)N1CC(C=O)OC(c2cc(Cl)nc(Br)c2)C1. The number of nitrogens with zero attached hydrogens (tertiary/aromatic N) is 2. The van der Waals surface area contributed by atoms with Gasteiger partial charge in [0, 0.05) is 0 Å². The van der Waals surface area contributed by atoms with Crippen LogP contribution in [0.4, 0.5) is 4.79 Å². The Bertz CT molecular complexity index is 552. The Morgan fingerprint density at radius 1 is 1.57 bits per heavy atom. The molecule has 2 rings (SSSR count). The van der Waals surface area contributed by atoms with Gasteiger partial charge in [0.15, 0.2) is 6.29 Å². The lowest BCUT2D eigenvalue weighted by Gasteiger charge is -2.35. The summed E-state index contributed by atoms with van der Waals surface area (Å²) in [6.07, 6.45) is 0.852. The van der Waals surface area contributed by atoms with Crippen molar-refractivity contribution in [1.82, 2.24) is 9.88 Å². The van der Waals surface area contributed by atoms with Crippen molar-refractivity contribution in [3.05, 3.63) is 27.5 Å². The standard InChI is InChI=1S/C15H18BrClN2O4/c1-2-3-4-22-15(21)19-7-11(9-20)23-12(8-19)10-5-13(16)18-14(17)6-10/h5-6,9,11-12H,2-4,7-8H2,1H3. The molecule has 2 unspecified atom stereocenters. The van der Waals surface area contributed by atoms with Crippen molar-refractivity contribution in [2.75, 3.05) is 19.7 Å². The maximum atomic E-state index is 12.1. The zero-order valence-electron chi connectivity index (χ0n) is 12.7. The molecule has 1 aliphatic heterocycles. The average molecular weight is 406 g/mol. The van der Waals surface area contributed by atoms with E-state index >= 15 is 0 Å². The van der Waals surface area contributed by atoms with Gasteiger partial charge in [-0.15, -0.1) is 0 Å². The van der Waals surface area contributed by atoms with E-state index in [2.05, 4.69) is 20.9 Å². The smallest absolute Gasteiger partial charge is 0.409 e. The summed E-state index contributed by atoms with van der Waals surface area (Å²) >= 11 is 9.22.